The zero-order chi connectivity index (χ0) is 20.4. The van der Waals surface area contributed by atoms with Crippen LogP contribution >= 0.6 is 11.3 Å². The highest BCUT2D eigenvalue weighted by Crippen LogP contribution is 2.32. The van der Waals surface area contributed by atoms with Crippen molar-refractivity contribution in [1.29, 1.82) is 0 Å². The Bertz CT molecular complexity index is 1090. The quantitative estimate of drug-likeness (QED) is 0.632. The highest BCUT2D eigenvalue weighted by molar-refractivity contribution is 7.18. The molecule has 1 aliphatic carbocycles. The number of thiophene rings is 1. The van der Waals surface area contributed by atoms with E-state index in [1.54, 1.807) is 11.3 Å². The predicted molar refractivity (Wildman–Crippen MR) is 119 cm³/mol. The van der Waals surface area contributed by atoms with E-state index in [-0.39, 0.29) is 18.0 Å². The standard InChI is InChI=1S/C23H27N3O2S/c1-3-15-9-8-10-16(4-2)21(15)25-19(27)13-26-14-24-22-20(23(26)28)17-11-6-5-7-12-18(17)29-22/h8-10,14H,3-7,11-13H2,1-2H3,(H,25,27). The summed E-state index contributed by atoms with van der Waals surface area (Å²) in [7, 11) is 0. The molecule has 1 N–H and O–H groups in total. The topological polar surface area (TPSA) is 64.0 Å². The van der Waals surface area contributed by atoms with Crippen LogP contribution in [-0.4, -0.2) is 15.5 Å². The molecule has 0 atom stereocenters. The second kappa shape index (κ2) is 8.49. The van der Waals surface area contributed by atoms with Gasteiger partial charge in [0.25, 0.3) is 5.56 Å². The van der Waals surface area contributed by atoms with Crippen LogP contribution < -0.4 is 10.9 Å². The maximum atomic E-state index is 13.2. The fraction of sp³-hybridized carbons (Fsp3) is 0.435. The number of fused-ring (bicyclic) bond motifs is 3. The van der Waals surface area contributed by atoms with Gasteiger partial charge < -0.3 is 5.32 Å². The van der Waals surface area contributed by atoms with E-state index >= 15 is 0 Å². The molecule has 0 radical (unpaired) electrons. The van der Waals surface area contributed by atoms with Crippen molar-refractivity contribution >= 4 is 33.1 Å². The van der Waals surface area contributed by atoms with Gasteiger partial charge in [0.1, 0.15) is 11.4 Å². The van der Waals surface area contributed by atoms with Gasteiger partial charge in [0.2, 0.25) is 5.91 Å². The highest BCUT2D eigenvalue weighted by Gasteiger charge is 2.20. The van der Waals surface area contributed by atoms with Crippen LogP contribution in [0.4, 0.5) is 5.69 Å². The minimum absolute atomic E-state index is 0.0202. The Morgan fingerprint density at radius 3 is 2.59 bits per heavy atom. The van der Waals surface area contributed by atoms with Gasteiger partial charge in [-0.3, -0.25) is 14.2 Å². The van der Waals surface area contributed by atoms with Crippen LogP contribution in [-0.2, 0) is 37.0 Å². The molecule has 0 aliphatic heterocycles. The van der Waals surface area contributed by atoms with Crippen LogP contribution in [0.25, 0.3) is 10.2 Å². The third-order valence-electron chi connectivity index (χ3n) is 5.77. The van der Waals surface area contributed by atoms with E-state index in [9.17, 15) is 9.59 Å². The van der Waals surface area contributed by atoms with Crippen molar-refractivity contribution in [2.45, 2.75) is 65.3 Å². The van der Waals surface area contributed by atoms with Gasteiger partial charge in [0.05, 0.1) is 11.7 Å². The van der Waals surface area contributed by atoms with E-state index in [0.717, 1.165) is 59.1 Å². The summed E-state index contributed by atoms with van der Waals surface area (Å²) in [4.78, 5) is 32.6. The van der Waals surface area contributed by atoms with E-state index in [1.807, 2.05) is 18.2 Å². The molecule has 0 saturated carbocycles. The van der Waals surface area contributed by atoms with E-state index in [1.165, 1.54) is 34.2 Å². The van der Waals surface area contributed by atoms with Gasteiger partial charge in [-0.1, -0.05) is 38.5 Å². The summed E-state index contributed by atoms with van der Waals surface area (Å²) < 4.78 is 1.45. The lowest BCUT2D eigenvalue weighted by Gasteiger charge is -2.15. The van der Waals surface area contributed by atoms with Crippen LogP contribution in [0.2, 0.25) is 0 Å². The summed E-state index contributed by atoms with van der Waals surface area (Å²) in [6, 6.07) is 6.10. The fourth-order valence-corrected chi connectivity index (χ4v) is 5.43. The molecule has 0 saturated heterocycles. The molecule has 6 heteroatoms. The van der Waals surface area contributed by atoms with Gasteiger partial charge in [0.15, 0.2) is 0 Å². The number of nitrogens with zero attached hydrogens (tertiary/aromatic N) is 2. The molecule has 0 unspecified atom stereocenters. The van der Waals surface area contributed by atoms with Crippen LogP contribution in [0.3, 0.4) is 0 Å². The predicted octanol–water partition coefficient (Wildman–Crippen LogP) is 4.49. The summed E-state index contributed by atoms with van der Waals surface area (Å²) >= 11 is 1.64. The number of para-hydroxylation sites is 1. The molecule has 0 spiro atoms. The van der Waals surface area contributed by atoms with Crippen molar-refractivity contribution in [2.75, 3.05) is 5.32 Å². The lowest BCUT2D eigenvalue weighted by atomic mass is 10.0. The zero-order valence-corrected chi connectivity index (χ0v) is 17.9. The van der Waals surface area contributed by atoms with Gasteiger partial charge in [0, 0.05) is 10.6 Å². The van der Waals surface area contributed by atoms with E-state index in [4.69, 9.17) is 0 Å². The van der Waals surface area contributed by atoms with Crippen molar-refractivity contribution in [3.63, 3.8) is 0 Å². The zero-order valence-electron chi connectivity index (χ0n) is 17.1. The summed E-state index contributed by atoms with van der Waals surface area (Å²) in [5.41, 5.74) is 4.18. The Morgan fingerprint density at radius 1 is 1.14 bits per heavy atom. The van der Waals surface area contributed by atoms with Gasteiger partial charge in [-0.25, -0.2) is 4.98 Å². The van der Waals surface area contributed by atoms with E-state index < -0.39 is 0 Å². The second-order valence-corrected chi connectivity index (χ2v) is 8.71. The maximum Gasteiger partial charge on any atom is 0.262 e. The average Bonchev–Trinajstić information content (AvgIpc) is 2.92. The molecule has 2 heterocycles. The number of hydrogen-bond acceptors (Lipinski definition) is 4. The first-order chi connectivity index (χ1) is 14.1. The normalized spacial score (nSPS) is 13.9. The molecule has 0 fully saturated rings. The molecule has 1 aliphatic rings. The second-order valence-electron chi connectivity index (χ2n) is 7.63. The molecule has 5 nitrogen and oxygen atoms in total. The number of anilines is 1. The third-order valence-corrected chi connectivity index (χ3v) is 6.97. The summed E-state index contributed by atoms with van der Waals surface area (Å²) in [5.74, 6) is -0.190. The molecule has 1 aromatic carbocycles. The SMILES string of the molecule is CCc1cccc(CC)c1NC(=O)Cn1cnc2sc3c(c2c1=O)CCCCC3. The first-order valence-electron chi connectivity index (χ1n) is 10.5. The van der Waals surface area contributed by atoms with Crippen LogP contribution in [0.5, 0.6) is 0 Å². The van der Waals surface area contributed by atoms with Gasteiger partial charge in [-0.05, 0) is 55.2 Å². The Hall–Kier alpha value is -2.47. The number of amides is 1. The number of benzene rings is 1. The maximum absolute atomic E-state index is 13.2. The van der Waals surface area contributed by atoms with Crippen molar-refractivity contribution in [3.8, 4) is 0 Å². The molecule has 0 bridgehead atoms. The largest absolute Gasteiger partial charge is 0.324 e. The number of hydrogen-bond donors (Lipinski definition) is 1. The fourth-order valence-electron chi connectivity index (χ4n) is 4.21. The first-order valence-corrected chi connectivity index (χ1v) is 11.3. The van der Waals surface area contributed by atoms with Crippen LogP contribution in [0.15, 0.2) is 29.3 Å². The highest BCUT2D eigenvalue weighted by atomic mass is 32.1. The molecular formula is C23H27N3O2S. The summed E-state index contributed by atoms with van der Waals surface area (Å²) in [5, 5.41) is 3.77. The number of rotatable bonds is 5. The smallest absolute Gasteiger partial charge is 0.262 e. The first kappa shape index (κ1) is 19.8. The van der Waals surface area contributed by atoms with E-state index in [2.05, 4.69) is 24.1 Å². The minimum Gasteiger partial charge on any atom is -0.324 e. The van der Waals surface area contributed by atoms with Crippen LogP contribution in [0.1, 0.15) is 54.7 Å². The molecule has 2 aromatic heterocycles. The lowest BCUT2D eigenvalue weighted by molar-refractivity contribution is -0.116. The molecular weight excluding hydrogens is 382 g/mol. The number of carbonyl (C=O) groups excluding carboxylic acids is 1. The summed E-state index contributed by atoms with van der Waals surface area (Å²) in [6.07, 6.45) is 8.67. The van der Waals surface area contributed by atoms with Crippen molar-refractivity contribution in [3.05, 3.63) is 56.4 Å². The van der Waals surface area contributed by atoms with E-state index in [0.29, 0.717) is 0 Å². The number of nitrogens with one attached hydrogen (secondary N) is 1. The number of aryl methyl sites for hydroxylation is 4. The Morgan fingerprint density at radius 2 is 1.86 bits per heavy atom. The van der Waals surface area contributed by atoms with Gasteiger partial charge in [-0.2, -0.15) is 0 Å². The van der Waals surface area contributed by atoms with Crippen molar-refractivity contribution in [1.82, 2.24) is 9.55 Å². The molecule has 4 rings (SSSR count). The molecule has 152 valence electrons. The number of carbonyl (C=O) groups is 1. The van der Waals surface area contributed by atoms with Gasteiger partial charge >= 0.3 is 0 Å². The molecule has 29 heavy (non-hydrogen) atoms. The Labute approximate surface area is 174 Å². The Balaban J connectivity index is 1.63. The minimum atomic E-state index is -0.190. The number of aromatic nitrogens is 2. The lowest BCUT2D eigenvalue weighted by Crippen LogP contribution is -2.28. The molecule has 1 amide bonds. The van der Waals surface area contributed by atoms with Crippen molar-refractivity contribution < 1.29 is 4.79 Å². The van der Waals surface area contributed by atoms with Gasteiger partial charge in [-0.15, -0.1) is 11.3 Å². The van der Waals surface area contributed by atoms with Crippen molar-refractivity contribution in [2.24, 2.45) is 0 Å². The Kier molecular flexibility index (Phi) is 5.81. The molecule has 3 aromatic rings. The van der Waals surface area contributed by atoms with Crippen LogP contribution in [0, 0.1) is 0 Å². The summed E-state index contributed by atoms with van der Waals surface area (Å²) in [6.45, 7) is 4.14. The third kappa shape index (κ3) is 3.86. The monoisotopic (exact) mass is 409 g/mol. The average molecular weight is 410 g/mol.